The van der Waals surface area contributed by atoms with E-state index in [1.165, 1.54) is 0 Å². The first kappa shape index (κ1) is 21.9. The highest BCUT2D eigenvalue weighted by Crippen LogP contribution is 2.26. The molecule has 0 aliphatic carbocycles. The van der Waals surface area contributed by atoms with Crippen LogP contribution >= 0.6 is 46.4 Å². The molecule has 0 aliphatic rings. The Bertz CT molecular complexity index is 738. The van der Waals surface area contributed by atoms with E-state index in [0.29, 0.717) is 20.1 Å². The van der Waals surface area contributed by atoms with E-state index < -0.39 is 6.03 Å². The lowest BCUT2D eigenvalue weighted by molar-refractivity contribution is 0.246. The monoisotopic (exact) mass is 421 g/mol. The lowest BCUT2D eigenvalue weighted by Crippen LogP contribution is -2.31. The first-order valence-corrected chi connectivity index (χ1v) is 8.84. The van der Waals surface area contributed by atoms with Crippen LogP contribution in [-0.2, 0) is 0 Å². The van der Waals surface area contributed by atoms with E-state index in [2.05, 4.69) is 5.32 Å². The average molecular weight is 423 g/mol. The lowest BCUT2D eigenvalue weighted by atomic mass is 10.1. The van der Waals surface area contributed by atoms with Gasteiger partial charge in [0.15, 0.2) is 0 Å². The Kier molecular flexibility index (Phi) is 8.83. The second kappa shape index (κ2) is 10.1. The minimum Gasteiger partial charge on any atom is -0.352 e. The Balaban J connectivity index is 0.000000257. The molecule has 0 heterocycles. The highest BCUT2D eigenvalue weighted by atomic mass is 35.5. The Morgan fingerprint density at radius 3 is 1.72 bits per heavy atom. The van der Waals surface area contributed by atoms with E-state index in [1.807, 2.05) is 13.0 Å². The van der Waals surface area contributed by atoms with Gasteiger partial charge in [0.25, 0.3) is 0 Å². The summed E-state index contributed by atoms with van der Waals surface area (Å²) < 4.78 is 0. The highest BCUT2D eigenvalue weighted by Gasteiger charge is 2.10. The molecule has 2 aromatic rings. The molecule has 0 saturated carbocycles. The second-order valence-electron chi connectivity index (χ2n) is 5.35. The minimum absolute atomic E-state index is 0.0419. The van der Waals surface area contributed by atoms with E-state index in [9.17, 15) is 4.79 Å². The van der Waals surface area contributed by atoms with Crippen LogP contribution in [0, 0.1) is 0 Å². The maximum Gasteiger partial charge on any atom is 0.312 e. The van der Waals surface area contributed by atoms with E-state index >= 15 is 0 Å². The van der Waals surface area contributed by atoms with Crippen molar-refractivity contribution in [3.63, 3.8) is 0 Å². The summed E-state index contributed by atoms with van der Waals surface area (Å²) in [6, 6.07) is 9.56. The zero-order valence-corrected chi connectivity index (χ0v) is 16.7. The standard InChI is InChI=1S/C9H10Cl2N2O.C8H9Cl2N/c1-5(13-9(12)14)7-3-2-6(10)4-8(7)11;1-5(11)7-3-2-6(9)4-8(7)10/h2-5H,1H3,(H3,12,13,14);2-5H,11H2,1H3/t2*5-/m11/s1. The van der Waals surface area contributed by atoms with Crippen molar-refractivity contribution in [3.8, 4) is 0 Å². The number of hydrogen-bond acceptors (Lipinski definition) is 2. The number of nitrogens with one attached hydrogen (secondary N) is 1. The van der Waals surface area contributed by atoms with Crippen LogP contribution in [0.15, 0.2) is 36.4 Å². The van der Waals surface area contributed by atoms with Gasteiger partial charge in [0.1, 0.15) is 0 Å². The maximum absolute atomic E-state index is 10.6. The molecule has 5 N–H and O–H groups in total. The van der Waals surface area contributed by atoms with Crippen molar-refractivity contribution in [2.24, 2.45) is 11.5 Å². The van der Waals surface area contributed by atoms with E-state index in [-0.39, 0.29) is 12.1 Å². The number of carbonyl (C=O) groups excluding carboxylic acids is 1. The molecule has 25 heavy (non-hydrogen) atoms. The molecule has 0 spiro atoms. The van der Waals surface area contributed by atoms with Gasteiger partial charge in [0.05, 0.1) is 6.04 Å². The second-order valence-corrected chi connectivity index (χ2v) is 7.04. The van der Waals surface area contributed by atoms with Crippen molar-refractivity contribution in [1.29, 1.82) is 0 Å². The summed E-state index contributed by atoms with van der Waals surface area (Å²) >= 11 is 23.2. The average Bonchev–Trinajstić information content (AvgIpc) is 2.46. The normalized spacial score (nSPS) is 12.6. The molecule has 2 aromatic carbocycles. The van der Waals surface area contributed by atoms with Crippen LogP contribution in [0.1, 0.15) is 37.1 Å². The van der Waals surface area contributed by atoms with Crippen LogP contribution in [0.2, 0.25) is 20.1 Å². The lowest BCUT2D eigenvalue weighted by Gasteiger charge is -2.13. The van der Waals surface area contributed by atoms with Gasteiger partial charge < -0.3 is 16.8 Å². The van der Waals surface area contributed by atoms with Crippen molar-refractivity contribution in [2.45, 2.75) is 25.9 Å². The van der Waals surface area contributed by atoms with Gasteiger partial charge in [-0.05, 0) is 49.2 Å². The quantitative estimate of drug-likeness (QED) is 0.589. The van der Waals surface area contributed by atoms with E-state index in [4.69, 9.17) is 57.9 Å². The fraction of sp³-hybridized carbons (Fsp3) is 0.235. The van der Waals surface area contributed by atoms with Crippen molar-refractivity contribution in [3.05, 3.63) is 67.6 Å². The van der Waals surface area contributed by atoms with Crippen molar-refractivity contribution < 1.29 is 4.79 Å². The highest BCUT2D eigenvalue weighted by molar-refractivity contribution is 6.35. The minimum atomic E-state index is -0.580. The first-order chi connectivity index (χ1) is 11.6. The predicted octanol–water partition coefficient (Wildman–Crippen LogP) is 5.74. The Labute approximate surface area is 167 Å². The molecule has 0 fully saturated rings. The summed E-state index contributed by atoms with van der Waals surface area (Å²) in [5.74, 6) is 0. The molecular formula is C17H19Cl4N3O. The molecule has 8 heteroatoms. The Morgan fingerprint density at radius 1 is 0.920 bits per heavy atom. The molecule has 0 aromatic heterocycles. The number of benzene rings is 2. The maximum atomic E-state index is 10.6. The molecule has 0 radical (unpaired) electrons. The van der Waals surface area contributed by atoms with Gasteiger partial charge in [0.2, 0.25) is 0 Å². The number of rotatable bonds is 3. The number of primary amides is 1. The largest absolute Gasteiger partial charge is 0.352 e. The fourth-order valence-electron chi connectivity index (χ4n) is 2.01. The van der Waals surface area contributed by atoms with Crippen LogP contribution in [0.3, 0.4) is 0 Å². The van der Waals surface area contributed by atoms with Crippen LogP contribution in [0.5, 0.6) is 0 Å². The van der Waals surface area contributed by atoms with Gasteiger partial charge in [-0.25, -0.2) is 4.79 Å². The zero-order valence-electron chi connectivity index (χ0n) is 13.7. The number of nitrogens with two attached hydrogens (primary N) is 2. The molecule has 2 amide bonds. The number of hydrogen-bond donors (Lipinski definition) is 3. The predicted molar refractivity (Wildman–Crippen MR) is 107 cm³/mol. The van der Waals surface area contributed by atoms with Gasteiger partial charge in [-0.3, -0.25) is 0 Å². The molecule has 136 valence electrons. The van der Waals surface area contributed by atoms with E-state index in [0.717, 1.165) is 11.1 Å². The number of amides is 2. The fourth-order valence-corrected chi connectivity index (χ4v) is 3.17. The summed E-state index contributed by atoms with van der Waals surface area (Å²) in [7, 11) is 0. The molecule has 0 saturated heterocycles. The molecule has 0 aliphatic heterocycles. The van der Waals surface area contributed by atoms with Crippen LogP contribution < -0.4 is 16.8 Å². The first-order valence-electron chi connectivity index (χ1n) is 7.33. The zero-order chi connectivity index (χ0) is 19.1. The molecule has 0 bridgehead atoms. The summed E-state index contributed by atoms with van der Waals surface area (Å²) in [5, 5.41) is 4.87. The van der Waals surface area contributed by atoms with Crippen molar-refractivity contribution >= 4 is 52.4 Å². The van der Waals surface area contributed by atoms with Gasteiger partial charge >= 0.3 is 6.03 Å². The summed E-state index contributed by atoms with van der Waals surface area (Å²) in [6.07, 6.45) is 0. The van der Waals surface area contributed by atoms with Crippen molar-refractivity contribution in [2.75, 3.05) is 0 Å². The third kappa shape index (κ3) is 7.30. The van der Waals surface area contributed by atoms with Gasteiger partial charge in [0, 0.05) is 26.1 Å². The number of carbonyl (C=O) groups is 1. The van der Waals surface area contributed by atoms with Crippen LogP contribution in [-0.4, -0.2) is 6.03 Å². The molecule has 4 nitrogen and oxygen atoms in total. The van der Waals surface area contributed by atoms with Gasteiger partial charge in [-0.15, -0.1) is 0 Å². The summed E-state index contributed by atoms with van der Waals surface area (Å²) in [5.41, 5.74) is 12.3. The van der Waals surface area contributed by atoms with Gasteiger partial charge in [-0.2, -0.15) is 0 Å². The molecule has 2 atom stereocenters. The van der Waals surface area contributed by atoms with E-state index in [1.54, 1.807) is 37.3 Å². The molecule has 0 unspecified atom stereocenters. The Morgan fingerprint density at radius 2 is 1.36 bits per heavy atom. The summed E-state index contributed by atoms with van der Waals surface area (Å²) in [4.78, 5) is 10.6. The Hall–Kier alpha value is -1.17. The van der Waals surface area contributed by atoms with Crippen LogP contribution in [0.4, 0.5) is 4.79 Å². The third-order valence-electron chi connectivity index (χ3n) is 3.24. The van der Waals surface area contributed by atoms with Crippen molar-refractivity contribution in [1.82, 2.24) is 5.32 Å². The molecular weight excluding hydrogens is 404 g/mol. The third-order valence-corrected chi connectivity index (χ3v) is 4.37. The number of urea groups is 1. The SMILES string of the molecule is C[C@@H](N)c1ccc(Cl)cc1Cl.C[C@@H](NC(N)=O)c1ccc(Cl)cc1Cl. The van der Waals surface area contributed by atoms with Crippen LogP contribution in [0.25, 0.3) is 0 Å². The topological polar surface area (TPSA) is 81.1 Å². The smallest absolute Gasteiger partial charge is 0.312 e. The van der Waals surface area contributed by atoms with Gasteiger partial charge in [-0.1, -0.05) is 58.5 Å². The number of halogens is 4. The summed E-state index contributed by atoms with van der Waals surface area (Å²) in [6.45, 7) is 3.68. The molecule has 2 rings (SSSR count).